The summed E-state index contributed by atoms with van der Waals surface area (Å²) in [5, 5.41) is 5.74. The monoisotopic (exact) mass is 568 g/mol. The summed E-state index contributed by atoms with van der Waals surface area (Å²) in [6.07, 6.45) is 0. The molecule has 1 amide bonds. The first kappa shape index (κ1) is 27.1. The van der Waals surface area contributed by atoms with Crippen molar-refractivity contribution in [3.8, 4) is 11.3 Å². The topological polar surface area (TPSA) is 112 Å². The third-order valence-corrected chi connectivity index (χ3v) is 8.71. The molecule has 0 bridgehead atoms. The first-order valence-electron chi connectivity index (χ1n) is 12.5. The average molecular weight is 569 g/mol. The van der Waals surface area contributed by atoms with Crippen LogP contribution in [0.4, 0.5) is 0 Å². The number of halogens is 1. The molecule has 5 rings (SSSR count). The van der Waals surface area contributed by atoms with Crippen molar-refractivity contribution in [2.45, 2.75) is 18.1 Å². The molecular weight excluding hydrogens is 540 g/mol. The number of sulfonamides is 1. The highest BCUT2D eigenvalue weighted by Crippen LogP contribution is 2.25. The Bertz CT molecular complexity index is 1680. The molecule has 10 nitrogen and oxygen atoms in total. The number of fused-ring (bicyclic) bond motifs is 1. The zero-order valence-electron chi connectivity index (χ0n) is 21.7. The molecule has 204 valence electrons. The summed E-state index contributed by atoms with van der Waals surface area (Å²) in [4.78, 5) is 31.6. The highest BCUT2D eigenvalue weighted by Gasteiger charge is 2.33. The molecule has 1 fully saturated rings. The Kier molecular flexibility index (Phi) is 7.59. The molecule has 1 N–H and O–H groups in total. The molecule has 0 atom stereocenters. The van der Waals surface area contributed by atoms with Gasteiger partial charge in [-0.15, -0.1) is 0 Å². The number of carbonyl (C=O) groups is 1. The number of aromatic nitrogens is 3. The van der Waals surface area contributed by atoms with E-state index in [1.54, 1.807) is 29.2 Å². The van der Waals surface area contributed by atoms with E-state index >= 15 is 0 Å². The summed E-state index contributed by atoms with van der Waals surface area (Å²) in [6, 6.07) is 17.5. The number of piperazine rings is 1. The van der Waals surface area contributed by atoms with Crippen molar-refractivity contribution >= 4 is 38.4 Å². The highest BCUT2D eigenvalue weighted by molar-refractivity contribution is 7.89. The number of nitrogens with one attached hydrogen (secondary N) is 1. The molecule has 39 heavy (non-hydrogen) atoms. The number of H-pyrrole nitrogens is 1. The third kappa shape index (κ3) is 5.91. The second-order valence-corrected chi connectivity index (χ2v) is 12.1. The fourth-order valence-corrected chi connectivity index (χ4v) is 6.05. The smallest absolute Gasteiger partial charge is 0.266 e. The molecule has 0 saturated carbocycles. The van der Waals surface area contributed by atoms with Crippen LogP contribution in [0.3, 0.4) is 0 Å². The van der Waals surface area contributed by atoms with Crippen LogP contribution in [0.5, 0.6) is 0 Å². The van der Waals surface area contributed by atoms with Crippen LogP contribution in [-0.2, 0) is 27.9 Å². The van der Waals surface area contributed by atoms with Crippen LogP contribution < -0.4 is 5.56 Å². The number of rotatable bonds is 8. The molecule has 0 radical (unpaired) electrons. The quantitative estimate of drug-likeness (QED) is 0.350. The summed E-state index contributed by atoms with van der Waals surface area (Å²) in [6.45, 7) is 1.82. The number of nitrogens with zero attached hydrogens (tertiary/aromatic N) is 5. The average Bonchev–Trinajstić information content (AvgIpc) is 3.34. The van der Waals surface area contributed by atoms with E-state index in [0.717, 1.165) is 11.1 Å². The van der Waals surface area contributed by atoms with Crippen LogP contribution in [-0.4, -0.2) is 83.5 Å². The Balaban J connectivity index is 1.24. The predicted octanol–water partition coefficient (Wildman–Crippen LogP) is 2.64. The predicted molar refractivity (Wildman–Crippen MR) is 150 cm³/mol. The lowest BCUT2D eigenvalue weighted by Crippen LogP contribution is -2.51. The van der Waals surface area contributed by atoms with Gasteiger partial charge in [0, 0.05) is 53.7 Å². The maximum atomic E-state index is 13.2. The standard InChI is InChI=1S/C27H29ClN6O4S/c1-31(2)11-14-34-26(35)10-9-24(30-34)20-5-3-19(4-6-20)17-32-12-13-33(18-27(32)36)39(37,38)25-16-21-15-22(28)7-8-23(21)29-25/h3-10,15-16,29H,11-14,17-18H2,1-2H3. The zero-order chi connectivity index (χ0) is 27.7. The Morgan fingerprint density at radius 1 is 1.00 bits per heavy atom. The Labute approximate surface area is 231 Å². The Morgan fingerprint density at radius 3 is 2.49 bits per heavy atom. The van der Waals surface area contributed by atoms with Crippen LogP contribution in [0.25, 0.3) is 22.2 Å². The Morgan fingerprint density at radius 2 is 1.77 bits per heavy atom. The molecule has 1 aliphatic rings. The molecule has 2 aromatic heterocycles. The molecule has 1 aliphatic heterocycles. The number of aromatic amines is 1. The fourth-order valence-electron chi connectivity index (χ4n) is 4.47. The molecule has 0 aliphatic carbocycles. The molecule has 12 heteroatoms. The number of benzene rings is 2. The lowest BCUT2D eigenvalue weighted by atomic mass is 10.1. The molecular formula is C27H29ClN6O4S. The number of amides is 1. The maximum Gasteiger partial charge on any atom is 0.266 e. The van der Waals surface area contributed by atoms with Crippen LogP contribution in [0.1, 0.15) is 5.56 Å². The van der Waals surface area contributed by atoms with Crippen molar-refractivity contribution in [1.29, 1.82) is 0 Å². The van der Waals surface area contributed by atoms with E-state index in [4.69, 9.17) is 11.6 Å². The van der Waals surface area contributed by atoms with Gasteiger partial charge in [0.05, 0.1) is 18.8 Å². The second-order valence-electron chi connectivity index (χ2n) is 9.80. The van der Waals surface area contributed by atoms with Gasteiger partial charge in [-0.1, -0.05) is 35.9 Å². The van der Waals surface area contributed by atoms with Gasteiger partial charge in [-0.05, 0) is 50.0 Å². The van der Waals surface area contributed by atoms with E-state index in [0.29, 0.717) is 41.3 Å². The summed E-state index contributed by atoms with van der Waals surface area (Å²) in [7, 11) is 0.0191. The molecule has 4 aromatic rings. The van der Waals surface area contributed by atoms with Gasteiger partial charge in [-0.25, -0.2) is 13.1 Å². The van der Waals surface area contributed by atoms with Gasteiger partial charge in [0.15, 0.2) is 0 Å². The zero-order valence-corrected chi connectivity index (χ0v) is 23.2. The lowest BCUT2D eigenvalue weighted by Gasteiger charge is -2.33. The van der Waals surface area contributed by atoms with Crippen molar-refractivity contribution in [3.05, 3.63) is 81.6 Å². The molecule has 0 spiro atoms. The number of hydrogen-bond donors (Lipinski definition) is 1. The van der Waals surface area contributed by atoms with Crippen molar-refractivity contribution in [2.75, 3.05) is 40.3 Å². The van der Waals surface area contributed by atoms with Crippen LogP contribution in [0.15, 0.2) is 70.5 Å². The number of likely N-dealkylation sites (N-methyl/N-ethyl adjacent to an activating group) is 1. The minimum Gasteiger partial charge on any atom is -0.345 e. The summed E-state index contributed by atoms with van der Waals surface area (Å²) in [5.74, 6) is -0.261. The van der Waals surface area contributed by atoms with Gasteiger partial charge >= 0.3 is 0 Å². The van der Waals surface area contributed by atoms with Gasteiger partial charge in [-0.3, -0.25) is 9.59 Å². The summed E-state index contributed by atoms with van der Waals surface area (Å²) >= 11 is 6.02. The van der Waals surface area contributed by atoms with Crippen LogP contribution >= 0.6 is 11.6 Å². The van der Waals surface area contributed by atoms with Crippen molar-refractivity contribution in [1.82, 2.24) is 28.9 Å². The van der Waals surface area contributed by atoms with E-state index < -0.39 is 10.0 Å². The molecule has 2 aromatic carbocycles. The van der Waals surface area contributed by atoms with Gasteiger partial charge in [0.1, 0.15) is 5.03 Å². The van der Waals surface area contributed by atoms with Gasteiger partial charge in [-0.2, -0.15) is 9.40 Å². The number of carbonyl (C=O) groups excluding carboxylic acids is 1. The maximum absolute atomic E-state index is 13.2. The molecule has 3 heterocycles. The van der Waals surface area contributed by atoms with E-state index in [1.165, 1.54) is 21.1 Å². The third-order valence-electron chi connectivity index (χ3n) is 6.71. The second kappa shape index (κ2) is 10.9. The molecule has 1 saturated heterocycles. The first-order valence-corrected chi connectivity index (χ1v) is 14.3. The SMILES string of the molecule is CN(C)CCn1nc(-c2ccc(CN3CCN(S(=O)(=O)c4cc5cc(Cl)ccc5[nH]4)CC3=O)cc2)ccc1=O. The van der Waals surface area contributed by atoms with E-state index in [9.17, 15) is 18.0 Å². The largest absolute Gasteiger partial charge is 0.345 e. The van der Waals surface area contributed by atoms with Crippen molar-refractivity contribution < 1.29 is 13.2 Å². The van der Waals surface area contributed by atoms with E-state index in [-0.39, 0.29) is 36.1 Å². The first-order chi connectivity index (χ1) is 18.6. The summed E-state index contributed by atoms with van der Waals surface area (Å²) in [5.41, 5.74) is 2.98. The normalized spacial score (nSPS) is 15.0. The minimum absolute atomic E-state index is 0.0401. The lowest BCUT2D eigenvalue weighted by molar-refractivity contribution is -0.134. The van der Waals surface area contributed by atoms with Crippen molar-refractivity contribution in [2.24, 2.45) is 0 Å². The summed E-state index contributed by atoms with van der Waals surface area (Å²) < 4.78 is 29.1. The van der Waals surface area contributed by atoms with Crippen LogP contribution in [0.2, 0.25) is 5.02 Å². The van der Waals surface area contributed by atoms with Crippen molar-refractivity contribution in [3.63, 3.8) is 0 Å². The van der Waals surface area contributed by atoms with E-state index in [1.807, 2.05) is 43.3 Å². The van der Waals surface area contributed by atoms with Crippen LogP contribution in [0, 0.1) is 0 Å². The highest BCUT2D eigenvalue weighted by atomic mass is 35.5. The van der Waals surface area contributed by atoms with Gasteiger partial charge in [0.25, 0.3) is 15.6 Å². The molecule has 0 unspecified atom stereocenters. The minimum atomic E-state index is -3.86. The Hall–Kier alpha value is -3.51. The van der Waals surface area contributed by atoms with Gasteiger partial charge < -0.3 is 14.8 Å². The number of hydrogen-bond acceptors (Lipinski definition) is 6. The fraction of sp³-hybridized carbons (Fsp3) is 0.296. The van der Waals surface area contributed by atoms with E-state index in [2.05, 4.69) is 10.1 Å². The van der Waals surface area contributed by atoms with Gasteiger partial charge in [0.2, 0.25) is 5.91 Å².